The van der Waals surface area contributed by atoms with Gasteiger partial charge in [-0.25, -0.2) is 0 Å². The van der Waals surface area contributed by atoms with E-state index < -0.39 is 0 Å². The molecule has 1 unspecified atom stereocenters. The van der Waals surface area contributed by atoms with Crippen molar-refractivity contribution < 1.29 is 9.53 Å². The molecule has 0 aromatic heterocycles. The Hall–Kier alpha value is -3.12. The largest absolute Gasteiger partial charge is 0.489 e. The summed E-state index contributed by atoms with van der Waals surface area (Å²) >= 11 is 6.57. The summed E-state index contributed by atoms with van der Waals surface area (Å²) in [5.74, 6) is 0.577. The van der Waals surface area contributed by atoms with Crippen LogP contribution in [-0.4, -0.2) is 61.1 Å². The third-order valence-electron chi connectivity index (χ3n) is 8.70. The van der Waals surface area contributed by atoms with Gasteiger partial charge in [0.05, 0.1) is 5.02 Å². The second-order valence-electron chi connectivity index (χ2n) is 11.4. The summed E-state index contributed by atoms with van der Waals surface area (Å²) in [7, 11) is 2.16. The van der Waals surface area contributed by atoms with Gasteiger partial charge in [-0.05, 0) is 97.1 Å². The van der Waals surface area contributed by atoms with Crippen molar-refractivity contribution >= 4 is 39.1 Å². The Kier molecular flexibility index (Phi) is 8.24. The number of hydrogen-bond acceptors (Lipinski definition) is 4. The molecule has 6 heteroatoms. The first-order valence-electron chi connectivity index (χ1n) is 14.6. The number of rotatable bonds is 8. The molecule has 2 aliphatic heterocycles. The summed E-state index contributed by atoms with van der Waals surface area (Å²) < 4.78 is 6.31. The van der Waals surface area contributed by atoms with Gasteiger partial charge in [-0.1, -0.05) is 60.1 Å². The van der Waals surface area contributed by atoms with Crippen LogP contribution in [0.4, 0.5) is 0 Å². The van der Waals surface area contributed by atoms with E-state index in [4.69, 9.17) is 16.3 Å². The summed E-state index contributed by atoms with van der Waals surface area (Å²) in [6, 6.07) is 25.7. The molecule has 0 spiro atoms. The summed E-state index contributed by atoms with van der Waals surface area (Å²) in [4.78, 5) is 17.6. The molecule has 1 atom stereocenters. The standard InChI is InChI=1S/C34H38ClN3O2/c1-37-18-6-8-27(37)14-17-36-34(39)25-12-13-33(32(35)22-25)40-28-15-19-38(20-16-28)23-26-21-24-7-2-3-9-29(24)31-11-5-4-10-30(26)31/h2-5,7,9-13,21-22,27-28H,6,8,14-20,23H2,1H3,(H,36,39). The molecule has 0 saturated carbocycles. The third-order valence-corrected chi connectivity index (χ3v) is 9.00. The van der Waals surface area contributed by atoms with Gasteiger partial charge in [-0.3, -0.25) is 9.69 Å². The average molecular weight is 556 g/mol. The zero-order valence-corrected chi connectivity index (χ0v) is 24.0. The topological polar surface area (TPSA) is 44.8 Å². The number of amides is 1. The molecule has 2 saturated heterocycles. The highest BCUT2D eigenvalue weighted by molar-refractivity contribution is 6.32. The van der Waals surface area contributed by atoms with Gasteiger partial charge in [-0.15, -0.1) is 0 Å². The minimum absolute atomic E-state index is 0.0800. The average Bonchev–Trinajstić information content (AvgIpc) is 3.39. The van der Waals surface area contributed by atoms with Crippen molar-refractivity contribution in [3.05, 3.63) is 88.9 Å². The van der Waals surface area contributed by atoms with Gasteiger partial charge in [0.15, 0.2) is 0 Å². The Bertz CT molecular complexity index is 1500. The second-order valence-corrected chi connectivity index (χ2v) is 11.8. The van der Waals surface area contributed by atoms with E-state index in [1.165, 1.54) is 39.9 Å². The molecular weight excluding hydrogens is 518 g/mol. The van der Waals surface area contributed by atoms with Crippen LogP contribution < -0.4 is 10.1 Å². The Morgan fingerprint density at radius 2 is 1.68 bits per heavy atom. The lowest BCUT2D eigenvalue weighted by Crippen LogP contribution is -2.37. The van der Waals surface area contributed by atoms with Crippen molar-refractivity contribution in [3.8, 4) is 5.75 Å². The van der Waals surface area contributed by atoms with Gasteiger partial charge in [0.2, 0.25) is 0 Å². The van der Waals surface area contributed by atoms with Crippen molar-refractivity contribution in [3.63, 3.8) is 0 Å². The molecular formula is C34H38ClN3O2. The van der Waals surface area contributed by atoms with Crippen LogP contribution in [0.25, 0.3) is 21.5 Å². The Morgan fingerprint density at radius 1 is 0.925 bits per heavy atom. The fourth-order valence-corrected chi connectivity index (χ4v) is 6.63. The fourth-order valence-electron chi connectivity index (χ4n) is 6.40. The number of likely N-dealkylation sites (tertiary alicyclic amines) is 2. The predicted molar refractivity (Wildman–Crippen MR) is 164 cm³/mol. The van der Waals surface area contributed by atoms with E-state index in [1.54, 1.807) is 6.07 Å². The quantitative estimate of drug-likeness (QED) is 0.240. The molecule has 6 rings (SSSR count). The number of fused-ring (bicyclic) bond motifs is 3. The number of hydrogen-bond donors (Lipinski definition) is 1. The Labute approximate surface area is 242 Å². The van der Waals surface area contributed by atoms with Crippen molar-refractivity contribution in [2.45, 2.75) is 50.8 Å². The maximum Gasteiger partial charge on any atom is 0.251 e. The van der Waals surface area contributed by atoms with E-state index in [1.807, 2.05) is 12.1 Å². The van der Waals surface area contributed by atoms with E-state index in [-0.39, 0.29) is 12.0 Å². The Morgan fingerprint density at radius 3 is 2.42 bits per heavy atom. The number of carbonyl (C=O) groups excluding carboxylic acids is 1. The summed E-state index contributed by atoms with van der Waals surface area (Å²) in [6.45, 7) is 4.70. The van der Waals surface area contributed by atoms with Crippen LogP contribution in [0, 0.1) is 0 Å². The fraction of sp³-hybridized carbons (Fsp3) is 0.382. The number of ether oxygens (including phenoxy) is 1. The smallest absolute Gasteiger partial charge is 0.251 e. The number of nitrogens with one attached hydrogen (secondary N) is 1. The van der Waals surface area contributed by atoms with E-state index in [0.717, 1.165) is 45.4 Å². The molecule has 2 heterocycles. The maximum absolute atomic E-state index is 12.7. The molecule has 4 aromatic rings. The molecule has 1 amide bonds. The SMILES string of the molecule is CN1CCCC1CCNC(=O)c1ccc(OC2CCN(Cc3cc4ccccc4c4ccccc34)CC2)c(Cl)c1. The Balaban J connectivity index is 1.03. The second kappa shape index (κ2) is 12.2. The lowest BCUT2D eigenvalue weighted by Gasteiger charge is -2.32. The van der Waals surface area contributed by atoms with Crippen LogP contribution in [0.3, 0.4) is 0 Å². The van der Waals surface area contributed by atoms with Crippen molar-refractivity contribution in [2.24, 2.45) is 0 Å². The monoisotopic (exact) mass is 555 g/mol. The highest BCUT2D eigenvalue weighted by atomic mass is 35.5. The maximum atomic E-state index is 12.7. The number of halogens is 1. The summed E-state index contributed by atoms with van der Waals surface area (Å²) in [6.07, 6.45) is 5.44. The van der Waals surface area contributed by atoms with Crippen LogP contribution in [0.1, 0.15) is 48.0 Å². The molecule has 0 aliphatic carbocycles. The van der Waals surface area contributed by atoms with Crippen LogP contribution >= 0.6 is 11.6 Å². The van der Waals surface area contributed by atoms with Crippen molar-refractivity contribution in [2.75, 3.05) is 33.2 Å². The van der Waals surface area contributed by atoms with E-state index in [9.17, 15) is 4.79 Å². The van der Waals surface area contributed by atoms with Crippen LogP contribution in [0.15, 0.2) is 72.8 Å². The van der Waals surface area contributed by atoms with E-state index >= 15 is 0 Å². The molecule has 208 valence electrons. The van der Waals surface area contributed by atoms with Gasteiger partial charge in [0, 0.05) is 37.8 Å². The predicted octanol–water partition coefficient (Wildman–Crippen LogP) is 6.90. The third kappa shape index (κ3) is 5.97. The van der Waals surface area contributed by atoms with Crippen LogP contribution in [0.5, 0.6) is 5.75 Å². The van der Waals surface area contributed by atoms with Gasteiger partial charge in [-0.2, -0.15) is 0 Å². The summed E-state index contributed by atoms with van der Waals surface area (Å²) in [5.41, 5.74) is 1.95. The summed E-state index contributed by atoms with van der Waals surface area (Å²) in [5, 5.41) is 8.80. The first-order chi connectivity index (χ1) is 19.5. The molecule has 2 aliphatic rings. The van der Waals surface area contributed by atoms with Crippen LogP contribution in [0.2, 0.25) is 5.02 Å². The zero-order valence-electron chi connectivity index (χ0n) is 23.2. The zero-order chi connectivity index (χ0) is 27.5. The molecule has 5 nitrogen and oxygen atoms in total. The van der Waals surface area contributed by atoms with Gasteiger partial charge < -0.3 is 15.0 Å². The minimum atomic E-state index is -0.0800. The number of carbonyl (C=O) groups is 1. The molecule has 1 N–H and O–H groups in total. The van der Waals surface area contributed by atoms with Crippen molar-refractivity contribution in [1.29, 1.82) is 0 Å². The number of piperidine rings is 1. The number of nitrogens with zero attached hydrogens (tertiary/aromatic N) is 2. The molecule has 2 fully saturated rings. The molecule has 40 heavy (non-hydrogen) atoms. The first kappa shape index (κ1) is 27.1. The normalized spacial score (nSPS) is 18.9. The molecule has 0 bridgehead atoms. The highest BCUT2D eigenvalue weighted by Gasteiger charge is 2.23. The lowest BCUT2D eigenvalue weighted by atomic mass is 9.96. The first-order valence-corrected chi connectivity index (χ1v) is 15.0. The van der Waals surface area contributed by atoms with Crippen molar-refractivity contribution in [1.82, 2.24) is 15.1 Å². The van der Waals surface area contributed by atoms with Gasteiger partial charge in [0.1, 0.15) is 11.9 Å². The lowest BCUT2D eigenvalue weighted by molar-refractivity contribution is 0.0948. The minimum Gasteiger partial charge on any atom is -0.489 e. The van der Waals surface area contributed by atoms with Gasteiger partial charge >= 0.3 is 0 Å². The van der Waals surface area contributed by atoms with Gasteiger partial charge in [0.25, 0.3) is 5.91 Å². The molecule has 4 aromatic carbocycles. The van der Waals surface area contributed by atoms with E-state index in [2.05, 4.69) is 76.8 Å². The molecule has 0 radical (unpaired) electrons. The van der Waals surface area contributed by atoms with Crippen LogP contribution in [-0.2, 0) is 6.54 Å². The number of benzene rings is 4. The highest BCUT2D eigenvalue weighted by Crippen LogP contribution is 2.31. The van der Waals surface area contributed by atoms with E-state index in [0.29, 0.717) is 28.9 Å².